The summed E-state index contributed by atoms with van der Waals surface area (Å²) in [5.74, 6) is 2.20. The second-order valence-electron chi connectivity index (χ2n) is 6.34. The summed E-state index contributed by atoms with van der Waals surface area (Å²) in [6, 6.07) is 14.8. The third-order valence-corrected chi connectivity index (χ3v) is 5.59. The summed E-state index contributed by atoms with van der Waals surface area (Å²) in [5.41, 5.74) is 2.50. The maximum absolute atomic E-state index is 11.6. The number of carbonyl (C=O) groups excluding carboxylic acids is 1. The van der Waals surface area contributed by atoms with Gasteiger partial charge in [-0.25, -0.2) is 0 Å². The van der Waals surface area contributed by atoms with Gasteiger partial charge in [-0.2, -0.15) is 0 Å². The first-order valence-corrected chi connectivity index (χ1v) is 10.2. The van der Waals surface area contributed by atoms with Gasteiger partial charge in [0.15, 0.2) is 18.1 Å². The first-order chi connectivity index (χ1) is 13.2. The van der Waals surface area contributed by atoms with Crippen LogP contribution < -0.4 is 20.1 Å². The van der Waals surface area contributed by atoms with E-state index < -0.39 is 0 Å². The number of rotatable bonds is 8. The normalized spacial score (nSPS) is 15.7. The summed E-state index contributed by atoms with van der Waals surface area (Å²) in [7, 11) is 1.61. The largest absolute Gasteiger partial charge is 0.493 e. The van der Waals surface area contributed by atoms with Crippen molar-refractivity contribution in [3.05, 3.63) is 53.6 Å². The fourth-order valence-corrected chi connectivity index (χ4v) is 4.25. The Hall–Kier alpha value is -2.18. The molecule has 0 spiro atoms. The molecule has 2 aromatic rings. The minimum absolute atomic E-state index is 0.0156. The molecule has 27 heavy (non-hydrogen) atoms. The van der Waals surface area contributed by atoms with Crippen LogP contribution in [0.3, 0.4) is 0 Å². The Bertz CT molecular complexity index is 782. The highest BCUT2D eigenvalue weighted by atomic mass is 32.2. The van der Waals surface area contributed by atoms with Crippen LogP contribution in [-0.4, -0.2) is 31.9 Å². The van der Waals surface area contributed by atoms with Crippen molar-refractivity contribution in [3.63, 3.8) is 0 Å². The molecule has 0 aromatic heterocycles. The highest BCUT2D eigenvalue weighted by Gasteiger charge is 2.19. The zero-order valence-electron chi connectivity index (χ0n) is 15.8. The third-order valence-electron chi connectivity index (χ3n) is 4.47. The molecule has 0 saturated heterocycles. The van der Waals surface area contributed by atoms with Gasteiger partial charge in [-0.15, -0.1) is 11.8 Å². The molecule has 0 fully saturated rings. The zero-order chi connectivity index (χ0) is 19.1. The van der Waals surface area contributed by atoms with E-state index in [1.54, 1.807) is 7.11 Å². The molecule has 0 bridgehead atoms. The van der Waals surface area contributed by atoms with Crippen LogP contribution in [0.15, 0.2) is 47.4 Å². The van der Waals surface area contributed by atoms with Crippen LogP contribution in [0.2, 0.25) is 0 Å². The van der Waals surface area contributed by atoms with E-state index >= 15 is 0 Å². The van der Waals surface area contributed by atoms with Crippen molar-refractivity contribution in [2.75, 3.05) is 26.0 Å². The van der Waals surface area contributed by atoms with Crippen LogP contribution in [0.1, 0.15) is 30.5 Å². The van der Waals surface area contributed by atoms with Gasteiger partial charge in [-0.1, -0.05) is 24.3 Å². The SMILES string of the molecule is CCNC(=O)COc1ccc(CN[C@@H]2CCSc3ccccc32)cc1OC. The van der Waals surface area contributed by atoms with Crippen LogP contribution in [0, 0.1) is 0 Å². The lowest BCUT2D eigenvalue weighted by molar-refractivity contribution is -0.123. The Morgan fingerprint density at radius 3 is 2.89 bits per heavy atom. The summed E-state index contributed by atoms with van der Waals surface area (Å²) in [6.07, 6.45) is 1.12. The molecular weight excluding hydrogens is 360 g/mol. The van der Waals surface area contributed by atoms with E-state index in [9.17, 15) is 4.79 Å². The molecule has 2 aromatic carbocycles. The number of fused-ring (bicyclic) bond motifs is 1. The minimum atomic E-state index is -0.140. The van der Waals surface area contributed by atoms with Crippen molar-refractivity contribution in [1.29, 1.82) is 0 Å². The van der Waals surface area contributed by atoms with Crippen molar-refractivity contribution in [2.45, 2.75) is 30.8 Å². The number of likely N-dealkylation sites (N-methyl/N-ethyl adjacent to an activating group) is 1. The molecule has 0 aliphatic carbocycles. The van der Waals surface area contributed by atoms with Gasteiger partial charge in [-0.05, 0) is 48.4 Å². The lowest BCUT2D eigenvalue weighted by Gasteiger charge is -2.26. The van der Waals surface area contributed by atoms with E-state index in [1.807, 2.05) is 36.9 Å². The van der Waals surface area contributed by atoms with Gasteiger partial charge in [0, 0.05) is 24.0 Å². The average Bonchev–Trinajstić information content (AvgIpc) is 2.71. The predicted octanol–water partition coefficient (Wildman–Crippen LogP) is 3.54. The van der Waals surface area contributed by atoms with Crippen molar-refractivity contribution in [1.82, 2.24) is 10.6 Å². The first-order valence-electron chi connectivity index (χ1n) is 9.22. The van der Waals surface area contributed by atoms with E-state index in [-0.39, 0.29) is 12.5 Å². The molecule has 1 aliphatic rings. The zero-order valence-corrected chi connectivity index (χ0v) is 16.6. The van der Waals surface area contributed by atoms with Gasteiger partial charge in [-0.3, -0.25) is 4.79 Å². The van der Waals surface area contributed by atoms with E-state index in [0.29, 0.717) is 24.1 Å². The van der Waals surface area contributed by atoms with Crippen LogP contribution in [0.25, 0.3) is 0 Å². The lowest BCUT2D eigenvalue weighted by atomic mass is 10.0. The monoisotopic (exact) mass is 386 g/mol. The van der Waals surface area contributed by atoms with Gasteiger partial charge in [0.1, 0.15) is 0 Å². The Balaban J connectivity index is 1.62. The summed E-state index contributed by atoms with van der Waals surface area (Å²) in [6.45, 7) is 3.20. The lowest BCUT2D eigenvalue weighted by Crippen LogP contribution is -2.28. The molecule has 0 unspecified atom stereocenters. The number of ether oxygens (including phenoxy) is 2. The standard InChI is InChI=1S/C21H26N2O3S/c1-3-22-21(24)14-26-18-9-8-15(12-19(18)25-2)13-23-17-10-11-27-20-7-5-4-6-16(17)20/h4-9,12,17,23H,3,10-11,13-14H2,1-2H3,(H,22,24)/t17-/m1/s1. The maximum Gasteiger partial charge on any atom is 0.257 e. The van der Waals surface area contributed by atoms with Gasteiger partial charge < -0.3 is 20.1 Å². The molecule has 1 amide bonds. The number of nitrogens with one attached hydrogen (secondary N) is 2. The predicted molar refractivity (Wildman–Crippen MR) is 109 cm³/mol. The summed E-state index contributed by atoms with van der Waals surface area (Å²) in [4.78, 5) is 12.9. The number of methoxy groups -OCH3 is 1. The topological polar surface area (TPSA) is 59.6 Å². The summed E-state index contributed by atoms with van der Waals surface area (Å²) in [5, 5.41) is 6.37. The number of thioether (sulfide) groups is 1. The third kappa shape index (κ3) is 5.17. The smallest absolute Gasteiger partial charge is 0.257 e. The second-order valence-corrected chi connectivity index (χ2v) is 7.47. The molecule has 0 radical (unpaired) electrons. The van der Waals surface area contributed by atoms with Crippen LogP contribution >= 0.6 is 11.8 Å². The number of hydrogen-bond donors (Lipinski definition) is 2. The Kier molecular flexibility index (Phi) is 7.01. The number of hydrogen-bond acceptors (Lipinski definition) is 5. The highest BCUT2D eigenvalue weighted by molar-refractivity contribution is 7.99. The Morgan fingerprint density at radius 2 is 2.07 bits per heavy atom. The number of carbonyl (C=O) groups is 1. The van der Waals surface area contributed by atoms with Crippen molar-refractivity contribution >= 4 is 17.7 Å². The number of amides is 1. The molecule has 1 atom stereocenters. The van der Waals surface area contributed by atoms with Crippen LogP contribution in [0.4, 0.5) is 0 Å². The molecule has 144 valence electrons. The number of benzene rings is 2. The molecule has 1 heterocycles. The molecule has 2 N–H and O–H groups in total. The summed E-state index contributed by atoms with van der Waals surface area (Å²) < 4.78 is 11.0. The molecule has 3 rings (SSSR count). The van der Waals surface area contributed by atoms with Gasteiger partial charge in [0.25, 0.3) is 5.91 Å². The molecular formula is C21H26N2O3S. The molecule has 5 nitrogen and oxygen atoms in total. The minimum Gasteiger partial charge on any atom is -0.493 e. The van der Waals surface area contributed by atoms with Crippen molar-refractivity contribution in [2.24, 2.45) is 0 Å². The van der Waals surface area contributed by atoms with E-state index in [2.05, 4.69) is 34.9 Å². The summed E-state index contributed by atoms with van der Waals surface area (Å²) >= 11 is 1.92. The molecule has 0 saturated carbocycles. The van der Waals surface area contributed by atoms with E-state index in [1.165, 1.54) is 10.5 Å². The molecule has 1 aliphatic heterocycles. The van der Waals surface area contributed by atoms with Crippen molar-refractivity contribution in [3.8, 4) is 11.5 Å². The Morgan fingerprint density at radius 1 is 1.22 bits per heavy atom. The van der Waals surface area contributed by atoms with E-state index in [4.69, 9.17) is 9.47 Å². The van der Waals surface area contributed by atoms with Crippen LogP contribution in [-0.2, 0) is 11.3 Å². The second kappa shape index (κ2) is 9.67. The maximum atomic E-state index is 11.6. The fourth-order valence-electron chi connectivity index (χ4n) is 3.13. The molecule has 6 heteroatoms. The van der Waals surface area contributed by atoms with Crippen LogP contribution in [0.5, 0.6) is 11.5 Å². The fraction of sp³-hybridized carbons (Fsp3) is 0.381. The van der Waals surface area contributed by atoms with Crippen molar-refractivity contribution < 1.29 is 14.3 Å². The Labute approximate surface area is 164 Å². The highest BCUT2D eigenvalue weighted by Crippen LogP contribution is 2.36. The van der Waals surface area contributed by atoms with Gasteiger partial charge in [0.05, 0.1) is 7.11 Å². The van der Waals surface area contributed by atoms with E-state index in [0.717, 1.165) is 24.3 Å². The average molecular weight is 387 g/mol. The van der Waals surface area contributed by atoms with Gasteiger partial charge >= 0.3 is 0 Å². The first kappa shape index (κ1) is 19.6. The quantitative estimate of drug-likeness (QED) is 0.727. The van der Waals surface area contributed by atoms with Gasteiger partial charge in [0.2, 0.25) is 0 Å².